The first-order valence-electron chi connectivity index (χ1n) is 8.05. The Morgan fingerprint density at radius 3 is 2.92 bits per heavy atom. The topological polar surface area (TPSA) is 59.6 Å². The van der Waals surface area contributed by atoms with Crippen LogP contribution >= 0.6 is 24.2 Å². The zero-order chi connectivity index (χ0) is 16.3. The Balaban J connectivity index is 0.00000288. The average Bonchev–Trinajstić information content (AvgIpc) is 2.58. The number of carbonyl (C=O) groups excluding carboxylic acids is 1. The third-order valence-corrected chi connectivity index (χ3v) is 5.08. The molecule has 1 fully saturated rings. The summed E-state index contributed by atoms with van der Waals surface area (Å²) in [6.45, 7) is 3.33. The Hall–Kier alpha value is -0.790. The van der Waals surface area contributed by atoms with E-state index in [1.54, 1.807) is 7.11 Å². The molecule has 7 heteroatoms. The number of benzene rings is 1. The van der Waals surface area contributed by atoms with Crippen molar-refractivity contribution < 1.29 is 14.3 Å². The molecule has 1 amide bonds. The summed E-state index contributed by atoms with van der Waals surface area (Å²) in [5.74, 6) is 0.941. The van der Waals surface area contributed by atoms with E-state index >= 15 is 0 Å². The molecule has 0 unspecified atom stereocenters. The fourth-order valence-electron chi connectivity index (χ4n) is 2.38. The number of halogens is 1. The Morgan fingerprint density at radius 2 is 2.17 bits per heavy atom. The third kappa shape index (κ3) is 8.35. The Labute approximate surface area is 154 Å². The standard InChI is InChI=1S/C17H26N2O3S.ClH/c1-21-10-7-18-12-17(20)19-15-4-2-3-14(11-15)13-23-16-5-8-22-9-6-16;/h2-4,11,16,18H,5-10,12-13H2,1H3,(H,19,20);1H. The summed E-state index contributed by atoms with van der Waals surface area (Å²) < 4.78 is 10.3. The first-order valence-corrected chi connectivity index (χ1v) is 9.10. The Kier molecular flexibility index (Phi) is 11.1. The van der Waals surface area contributed by atoms with Crippen LogP contribution in [0.4, 0.5) is 5.69 Å². The number of nitrogens with one attached hydrogen (secondary N) is 2. The minimum Gasteiger partial charge on any atom is -0.383 e. The number of anilines is 1. The number of carbonyl (C=O) groups is 1. The normalized spacial score (nSPS) is 14.9. The zero-order valence-corrected chi connectivity index (χ0v) is 15.7. The largest absolute Gasteiger partial charge is 0.383 e. The van der Waals surface area contributed by atoms with Gasteiger partial charge in [0.25, 0.3) is 0 Å². The molecule has 0 radical (unpaired) electrons. The van der Waals surface area contributed by atoms with E-state index in [2.05, 4.69) is 22.8 Å². The van der Waals surface area contributed by atoms with Gasteiger partial charge in [0.15, 0.2) is 0 Å². The quantitative estimate of drug-likeness (QED) is 0.651. The molecule has 0 atom stereocenters. The van der Waals surface area contributed by atoms with Gasteiger partial charge in [0.05, 0.1) is 13.2 Å². The molecule has 2 rings (SSSR count). The number of hydrogen-bond donors (Lipinski definition) is 2. The number of hydrogen-bond acceptors (Lipinski definition) is 5. The highest BCUT2D eigenvalue weighted by atomic mass is 35.5. The molecule has 5 nitrogen and oxygen atoms in total. The molecule has 24 heavy (non-hydrogen) atoms. The second-order valence-electron chi connectivity index (χ2n) is 5.54. The first kappa shape index (κ1) is 21.3. The number of thioether (sulfide) groups is 1. The van der Waals surface area contributed by atoms with Gasteiger partial charge in [-0.25, -0.2) is 0 Å². The molecule has 136 valence electrons. The zero-order valence-electron chi connectivity index (χ0n) is 14.1. The second kappa shape index (κ2) is 12.6. The molecular weight excluding hydrogens is 348 g/mol. The maximum Gasteiger partial charge on any atom is 0.238 e. The van der Waals surface area contributed by atoms with Crippen LogP contribution in [0.5, 0.6) is 0 Å². The van der Waals surface area contributed by atoms with Gasteiger partial charge in [-0.1, -0.05) is 12.1 Å². The molecule has 0 aliphatic carbocycles. The first-order chi connectivity index (χ1) is 11.3. The van der Waals surface area contributed by atoms with E-state index in [0.717, 1.165) is 37.5 Å². The SMILES string of the molecule is COCCNCC(=O)Nc1cccc(CSC2CCOCC2)c1.Cl. The van der Waals surface area contributed by atoms with Crippen molar-refractivity contribution in [2.45, 2.75) is 23.8 Å². The minimum absolute atomic E-state index is 0. The fourth-order valence-corrected chi connectivity index (χ4v) is 3.51. The second-order valence-corrected chi connectivity index (χ2v) is 6.83. The van der Waals surface area contributed by atoms with E-state index in [-0.39, 0.29) is 18.3 Å². The number of rotatable bonds is 9. The molecule has 1 aliphatic heterocycles. The molecule has 0 saturated carbocycles. The smallest absolute Gasteiger partial charge is 0.238 e. The highest BCUT2D eigenvalue weighted by Gasteiger charge is 2.14. The monoisotopic (exact) mass is 374 g/mol. The van der Waals surface area contributed by atoms with Crippen LogP contribution in [0.3, 0.4) is 0 Å². The lowest BCUT2D eigenvalue weighted by molar-refractivity contribution is -0.115. The number of methoxy groups -OCH3 is 1. The maximum atomic E-state index is 11.9. The van der Waals surface area contributed by atoms with Gasteiger partial charge in [-0.3, -0.25) is 4.79 Å². The van der Waals surface area contributed by atoms with Crippen LogP contribution in [0, 0.1) is 0 Å². The number of ether oxygens (including phenoxy) is 2. The van der Waals surface area contributed by atoms with Crippen molar-refractivity contribution in [3.63, 3.8) is 0 Å². The molecule has 0 spiro atoms. The van der Waals surface area contributed by atoms with Crippen molar-refractivity contribution in [1.82, 2.24) is 5.32 Å². The van der Waals surface area contributed by atoms with Crippen LogP contribution in [0.15, 0.2) is 24.3 Å². The van der Waals surface area contributed by atoms with Crippen LogP contribution in [-0.4, -0.2) is 51.2 Å². The molecule has 1 aliphatic rings. The summed E-state index contributed by atoms with van der Waals surface area (Å²) in [6.07, 6.45) is 2.27. The Bertz CT molecular complexity index is 485. The highest BCUT2D eigenvalue weighted by molar-refractivity contribution is 7.99. The minimum atomic E-state index is -0.0321. The molecule has 2 N–H and O–H groups in total. The van der Waals surface area contributed by atoms with E-state index in [1.165, 1.54) is 5.56 Å². The van der Waals surface area contributed by atoms with E-state index in [0.29, 0.717) is 24.9 Å². The van der Waals surface area contributed by atoms with Gasteiger partial charge >= 0.3 is 0 Å². The average molecular weight is 375 g/mol. The molecule has 1 saturated heterocycles. The third-order valence-electron chi connectivity index (χ3n) is 3.63. The van der Waals surface area contributed by atoms with Crippen molar-refractivity contribution in [3.8, 4) is 0 Å². The van der Waals surface area contributed by atoms with Crippen molar-refractivity contribution >= 4 is 35.8 Å². The van der Waals surface area contributed by atoms with Gasteiger partial charge in [-0.15, -0.1) is 12.4 Å². The van der Waals surface area contributed by atoms with Crippen molar-refractivity contribution in [1.29, 1.82) is 0 Å². The van der Waals surface area contributed by atoms with Gasteiger partial charge in [0.2, 0.25) is 5.91 Å². The lowest BCUT2D eigenvalue weighted by Gasteiger charge is -2.21. The summed E-state index contributed by atoms with van der Waals surface area (Å²) in [4.78, 5) is 11.9. The predicted octanol–water partition coefficient (Wildman–Crippen LogP) is 2.70. The van der Waals surface area contributed by atoms with Crippen LogP contribution in [0.25, 0.3) is 0 Å². The van der Waals surface area contributed by atoms with Crippen molar-refractivity contribution in [2.75, 3.05) is 45.3 Å². The fraction of sp³-hybridized carbons (Fsp3) is 0.588. The van der Waals surface area contributed by atoms with Crippen LogP contribution in [-0.2, 0) is 20.0 Å². The van der Waals surface area contributed by atoms with Gasteiger partial charge < -0.3 is 20.1 Å². The Morgan fingerprint density at radius 1 is 1.38 bits per heavy atom. The summed E-state index contributed by atoms with van der Waals surface area (Å²) in [5, 5.41) is 6.65. The molecule has 1 heterocycles. The summed E-state index contributed by atoms with van der Waals surface area (Å²) in [7, 11) is 1.64. The molecular formula is C17H27ClN2O3S. The lowest BCUT2D eigenvalue weighted by Crippen LogP contribution is -2.30. The van der Waals surface area contributed by atoms with Crippen molar-refractivity contribution in [3.05, 3.63) is 29.8 Å². The molecule has 0 bridgehead atoms. The summed E-state index contributed by atoms with van der Waals surface area (Å²) >= 11 is 1.98. The van der Waals surface area contributed by atoms with E-state index in [1.807, 2.05) is 23.9 Å². The van der Waals surface area contributed by atoms with Crippen LogP contribution in [0.1, 0.15) is 18.4 Å². The van der Waals surface area contributed by atoms with E-state index in [9.17, 15) is 4.79 Å². The van der Waals surface area contributed by atoms with Crippen molar-refractivity contribution in [2.24, 2.45) is 0 Å². The van der Waals surface area contributed by atoms with E-state index < -0.39 is 0 Å². The molecule has 0 aromatic heterocycles. The molecule has 1 aromatic rings. The van der Waals surface area contributed by atoms with Gasteiger partial charge in [0, 0.05) is 43.6 Å². The van der Waals surface area contributed by atoms with Gasteiger partial charge in [-0.2, -0.15) is 11.8 Å². The molecule has 1 aromatic carbocycles. The lowest BCUT2D eigenvalue weighted by atomic mass is 10.2. The van der Waals surface area contributed by atoms with Crippen LogP contribution < -0.4 is 10.6 Å². The van der Waals surface area contributed by atoms with E-state index in [4.69, 9.17) is 9.47 Å². The van der Waals surface area contributed by atoms with Crippen LogP contribution in [0.2, 0.25) is 0 Å². The maximum absolute atomic E-state index is 11.9. The van der Waals surface area contributed by atoms with Gasteiger partial charge in [0.1, 0.15) is 0 Å². The highest BCUT2D eigenvalue weighted by Crippen LogP contribution is 2.26. The summed E-state index contributed by atoms with van der Waals surface area (Å²) in [6, 6.07) is 8.09. The predicted molar refractivity (Wildman–Crippen MR) is 102 cm³/mol. The number of amides is 1. The summed E-state index contributed by atoms with van der Waals surface area (Å²) in [5.41, 5.74) is 2.10. The van der Waals surface area contributed by atoms with Gasteiger partial charge in [-0.05, 0) is 30.5 Å².